The van der Waals surface area contributed by atoms with Crippen LogP contribution in [0.2, 0.25) is 0 Å². The zero-order chi connectivity index (χ0) is 11.7. The lowest BCUT2D eigenvalue weighted by Crippen LogP contribution is -2.29. The van der Waals surface area contributed by atoms with E-state index in [1.807, 2.05) is 18.2 Å². The smallest absolute Gasteiger partial charge is 0.267 e. The molecule has 1 aromatic rings. The third kappa shape index (κ3) is 1.63. The van der Waals surface area contributed by atoms with Crippen LogP contribution in [0, 0.1) is 0 Å². The highest BCUT2D eigenvalue weighted by Gasteiger charge is 2.22. The Bertz CT molecular complexity index is 461. The SMILES string of the molecule is CC(=O)C1=C(C(N)=O)Nc2ccccc2N1. The van der Waals surface area contributed by atoms with Crippen molar-refractivity contribution in [2.24, 2.45) is 5.73 Å². The summed E-state index contributed by atoms with van der Waals surface area (Å²) in [4.78, 5) is 22.5. The third-order valence-corrected chi connectivity index (χ3v) is 2.29. The van der Waals surface area contributed by atoms with Gasteiger partial charge in [0.15, 0.2) is 5.78 Å². The minimum absolute atomic E-state index is 0.103. The molecule has 0 unspecified atom stereocenters. The number of nitrogens with one attached hydrogen (secondary N) is 2. The summed E-state index contributed by atoms with van der Waals surface area (Å²) in [5, 5.41) is 5.74. The van der Waals surface area contributed by atoms with Crippen LogP contribution in [0.5, 0.6) is 0 Å². The Hall–Kier alpha value is -2.30. The molecule has 1 amide bonds. The quantitative estimate of drug-likeness (QED) is 0.684. The second-order valence-corrected chi connectivity index (χ2v) is 3.47. The monoisotopic (exact) mass is 217 g/mol. The number of para-hydroxylation sites is 2. The van der Waals surface area contributed by atoms with Gasteiger partial charge >= 0.3 is 0 Å². The molecule has 2 rings (SSSR count). The summed E-state index contributed by atoms with van der Waals surface area (Å²) in [5.41, 5.74) is 6.98. The highest BCUT2D eigenvalue weighted by Crippen LogP contribution is 2.29. The van der Waals surface area contributed by atoms with Crippen LogP contribution in [0.25, 0.3) is 0 Å². The number of amides is 1. The molecule has 5 heteroatoms. The number of fused-ring (bicyclic) bond motifs is 1. The van der Waals surface area contributed by atoms with E-state index in [0.717, 1.165) is 11.4 Å². The number of anilines is 2. The summed E-state index contributed by atoms with van der Waals surface area (Å²) in [7, 11) is 0. The van der Waals surface area contributed by atoms with E-state index < -0.39 is 5.91 Å². The third-order valence-electron chi connectivity index (χ3n) is 2.29. The number of primary amides is 1. The molecular formula is C11H11N3O2. The van der Waals surface area contributed by atoms with Crippen LogP contribution in [0.4, 0.5) is 11.4 Å². The van der Waals surface area contributed by atoms with E-state index in [-0.39, 0.29) is 17.2 Å². The van der Waals surface area contributed by atoms with E-state index >= 15 is 0 Å². The summed E-state index contributed by atoms with van der Waals surface area (Å²) in [6.45, 7) is 1.38. The Kier molecular flexibility index (Phi) is 2.36. The highest BCUT2D eigenvalue weighted by atomic mass is 16.1. The van der Waals surface area contributed by atoms with Gasteiger partial charge in [0.1, 0.15) is 11.4 Å². The number of carbonyl (C=O) groups excluding carboxylic acids is 2. The molecule has 0 bridgehead atoms. The fourth-order valence-corrected chi connectivity index (χ4v) is 1.54. The van der Waals surface area contributed by atoms with Crippen molar-refractivity contribution in [2.45, 2.75) is 6.92 Å². The fraction of sp³-hybridized carbons (Fsp3) is 0.0909. The Balaban J connectivity index is 2.49. The molecule has 1 aliphatic rings. The molecule has 0 aromatic heterocycles. The molecule has 0 fully saturated rings. The van der Waals surface area contributed by atoms with Crippen molar-refractivity contribution in [2.75, 3.05) is 10.6 Å². The maximum absolute atomic E-state index is 11.4. The summed E-state index contributed by atoms with van der Waals surface area (Å²) >= 11 is 0. The van der Waals surface area contributed by atoms with Crippen LogP contribution in [0.15, 0.2) is 35.7 Å². The number of benzene rings is 1. The number of hydrogen-bond acceptors (Lipinski definition) is 4. The Morgan fingerprint density at radius 2 is 1.56 bits per heavy atom. The first-order valence-electron chi connectivity index (χ1n) is 4.77. The van der Waals surface area contributed by atoms with Crippen LogP contribution in [-0.4, -0.2) is 11.7 Å². The normalized spacial score (nSPS) is 13.6. The summed E-state index contributed by atoms with van der Waals surface area (Å²) in [6, 6.07) is 7.26. The van der Waals surface area contributed by atoms with Gasteiger partial charge in [-0.2, -0.15) is 0 Å². The fourth-order valence-electron chi connectivity index (χ4n) is 1.54. The molecule has 4 N–H and O–H groups in total. The first kappa shape index (κ1) is 10.2. The first-order valence-corrected chi connectivity index (χ1v) is 4.77. The zero-order valence-electron chi connectivity index (χ0n) is 8.70. The van der Waals surface area contributed by atoms with Crippen molar-refractivity contribution in [1.82, 2.24) is 0 Å². The van der Waals surface area contributed by atoms with Crippen molar-refractivity contribution >= 4 is 23.1 Å². The molecule has 0 saturated heterocycles. The molecule has 1 heterocycles. The van der Waals surface area contributed by atoms with Gasteiger partial charge in [0, 0.05) is 6.92 Å². The number of Topliss-reactive ketones (excluding diaryl/α,β-unsaturated/α-hetero) is 1. The van der Waals surface area contributed by atoms with Gasteiger partial charge < -0.3 is 16.4 Å². The molecule has 82 valence electrons. The molecule has 1 aliphatic heterocycles. The molecule has 16 heavy (non-hydrogen) atoms. The van der Waals surface area contributed by atoms with Crippen molar-refractivity contribution in [3.05, 3.63) is 35.7 Å². The lowest BCUT2D eigenvalue weighted by Gasteiger charge is -2.22. The van der Waals surface area contributed by atoms with E-state index in [1.54, 1.807) is 6.07 Å². The van der Waals surface area contributed by atoms with Crippen molar-refractivity contribution < 1.29 is 9.59 Å². The van der Waals surface area contributed by atoms with Crippen LogP contribution >= 0.6 is 0 Å². The van der Waals surface area contributed by atoms with Crippen molar-refractivity contribution in [1.29, 1.82) is 0 Å². The minimum Gasteiger partial charge on any atom is -0.364 e. The summed E-state index contributed by atoms with van der Waals surface area (Å²) < 4.78 is 0. The molecular weight excluding hydrogens is 206 g/mol. The number of ketones is 1. The van der Waals surface area contributed by atoms with Crippen LogP contribution in [-0.2, 0) is 9.59 Å². The summed E-state index contributed by atoms with van der Waals surface area (Å²) in [6.07, 6.45) is 0. The summed E-state index contributed by atoms with van der Waals surface area (Å²) in [5.74, 6) is -0.900. The number of carbonyl (C=O) groups is 2. The molecule has 0 spiro atoms. The average Bonchev–Trinajstić information content (AvgIpc) is 2.27. The van der Waals surface area contributed by atoms with Gasteiger partial charge in [0.05, 0.1) is 11.4 Å². The second-order valence-electron chi connectivity index (χ2n) is 3.47. The van der Waals surface area contributed by atoms with Gasteiger partial charge in [-0.1, -0.05) is 12.1 Å². The van der Waals surface area contributed by atoms with Crippen molar-refractivity contribution in [3.63, 3.8) is 0 Å². The predicted molar refractivity (Wildman–Crippen MR) is 60.6 cm³/mol. The molecule has 0 radical (unpaired) electrons. The maximum atomic E-state index is 11.4. The van der Waals surface area contributed by atoms with E-state index in [4.69, 9.17) is 5.73 Å². The standard InChI is InChI=1S/C11H11N3O2/c1-6(15)9-10(11(12)16)14-8-5-3-2-4-7(8)13-9/h2-5,13-14H,1H3,(H2,12,16). The van der Waals surface area contributed by atoms with Crippen molar-refractivity contribution in [3.8, 4) is 0 Å². The highest BCUT2D eigenvalue weighted by molar-refractivity contribution is 6.10. The molecule has 5 nitrogen and oxygen atoms in total. The maximum Gasteiger partial charge on any atom is 0.267 e. The van der Waals surface area contributed by atoms with Crippen LogP contribution in [0.3, 0.4) is 0 Å². The van der Waals surface area contributed by atoms with Gasteiger partial charge in [0.25, 0.3) is 5.91 Å². The van der Waals surface area contributed by atoms with Gasteiger partial charge in [-0.15, -0.1) is 0 Å². The Labute approximate surface area is 92.3 Å². The van der Waals surface area contributed by atoms with E-state index in [9.17, 15) is 9.59 Å². The first-order chi connectivity index (χ1) is 7.59. The molecule has 1 aromatic carbocycles. The van der Waals surface area contributed by atoms with Gasteiger partial charge in [-0.05, 0) is 12.1 Å². The Morgan fingerprint density at radius 1 is 1.06 bits per heavy atom. The molecule has 0 saturated carbocycles. The second kappa shape index (κ2) is 3.69. The van der Waals surface area contributed by atoms with E-state index in [1.165, 1.54) is 6.92 Å². The molecule has 0 aliphatic carbocycles. The zero-order valence-corrected chi connectivity index (χ0v) is 8.70. The number of allylic oxidation sites excluding steroid dienone is 1. The lowest BCUT2D eigenvalue weighted by atomic mass is 10.1. The number of hydrogen-bond donors (Lipinski definition) is 3. The van der Waals surface area contributed by atoms with Gasteiger partial charge in [-0.25, -0.2) is 0 Å². The van der Waals surface area contributed by atoms with Gasteiger partial charge in [0.2, 0.25) is 0 Å². The topological polar surface area (TPSA) is 84.2 Å². The number of nitrogens with two attached hydrogens (primary N) is 1. The van der Waals surface area contributed by atoms with E-state index in [0.29, 0.717) is 0 Å². The van der Waals surface area contributed by atoms with Crippen LogP contribution in [0.1, 0.15) is 6.92 Å². The average molecular weight is 217 g/mol. The Morgan fingerprint density at radius 3 is 2.00 bits per heavy atom. The van der Waals surface area contributed by atoms with Crippen LogP contribution < -0.4 is 16.4 Å². The van der Waals surface area contributed by atoms with Gasteiger partial charge in [-0.3, -0.25) is 9.59 Å². The molecule has 0 atom stereocenters. The largest absolute Gasteiger partial charge is 0.364 e. The number of rotatable bonds is 2. The van der Waals surface area contributed by atoms with E-state index in [2.05, 4.69) is 10.6 Å². The predicted octanol–water partition coefficient (Wildman–Crippen LogP) is 0.810. The minimum atomic E-state index is -0.660. The lowest BCUT2D eigenvalue weighted by molar-refractivity contribution is -0.116.